The number of rotatable bonds is 2. The summed E-state index contributed by atoms with van der Waals surface area (Å²) in [5.41, 5.74) is 0.602. The molecule has 2 N–H and O–H groups in total. The minimum atomic E-state index is -0.620. The van der Waals surface area contributed by atoms with Gasteiger partial charge in [0.2, 0.25) is 0 Å². The van der Waals surface area contributed by atoms with E-state index in [2.05, 4.69) is 26.6 Å². The highest BCUT2D eigenvalue weighted by Crippen LogP contribution is 2.19. The second-order valence-electron chi connectivity index (χ2n) is 3.71. The molecule has 1 aromatic carbocycles. The molecular weight excluding hydrogens is 272 g/mol. The number of amides is 2. The van der Waals surface area contributed by atoms with Gasteiger partial charge in [-0.25, -0.2) is 0 Å². The molecule has 16 heavy (non-hydrogen) atoms. The van der Waals surface area contributed by atoms with Crippen LogP contribution in [0.15, 0.2) is 28.7 Å². The molecule has 1 aliphatic carbocycles. The van der Waals surface area contributed by atoms with Gasteiger partial charge in [-0.05, 0) is 31.0 Å². The zero-order chi connectivity index (χ0) is 11.5. The Kier molecular flexibility index (Phi) is 3.24. The highest BCUT2D eigenvalue weighted by atomic mass is 79.9. The number of hydrogen-bond donors (Lipinski definition) is 2. The van der Waals surface area contributed by atoms with Crippen LogP contribution in [-0.4, -0.2) is 17.9 Å². The zero-order valence-electron chi connectivity index (χ0n) is 8.50. The van der Waals surface area contributed by atoms with Gasteiger partial charge in [0, 0.05) is 16.2 Å². The number of anilines is 1. The van der Waals surface area contributed by atoms with Gasteiger partial charge in [-0.15, -0.1) is 0 Å². The van der Waals surface area contributed by atoms with Crippen LogP contribution in [-0.2, 0) is 9.59 Å². The monoisotopic (exact) mass is 282 g/mol. The summed E-state index contributed by atoms with van der Waals surface area (Å²) in [4.78, 5) is 22.8. The molecule has 0 spiro atoms. The summed E-state index contributed by atoms with van der Waals surface area (Å²) in [7, 11) is 0. The normalized spacial score (nSPS) is 14.3. The summed E-state index contributed by atoms with van der Waals surface area (Å²) in [5.74, 6) is -1.19. The van der Waals surface area contributed by atoms with Crippen molar-refractivity contribution in [2.24, 2.45) is 0 Å². The van der Waals surface area contributed by atoms with Gasteiger partial charge < -0.3 is 10.6 Å². The van der Waals surface area contributed by atoms with Crippen molar-refractivity contribution in [3.05, 3.63) is 28.7 Å². The Morgan fingerprint density at radius 2 is 2.00 bits per heavy atom. The van der Waals surface area contributed by atoms with Crippen LogP contribution in [0, 0.1) is 0 Å². The predicted molar refractivity (Wildman–Crippen MR) is 63.9 cm³/mol. The highest BCUT2D eigenvalue weighted by Gasteiger charge is 2.26. The molecule has 2 amide bonds. The molecule has 5 heteroatoms. The second-order valence-corrected chi connectivity index (χ2v) is 4.63. The Balaban J connectivity index is 1.93. The standard InChI is InChI=1S/C11H11BrN2O2/c12-7-2-1-3-9(6-7)14-11(16)10(15)13-8-4-5-8/h1-3,6,8H,4-5H2,(H,13,15)(H,14,16). The molecule has 0 unspecified atom stereocenters. The van der Waals surface area contributed by atoms with Crippen molar-refractivity contribution in [3.63, 3.8) is 0 Å². The number of carbonyl (C=O) groups excluding carboxylic acids is 2. The van der Waals surface area contributed by atoms with Crippen LogP contribution in [0.1, 0.15) is 12.8 Å². The third-order valence-corrected chi connectivity index (χ3v) is 2.69. The van der Waals surface area contributed by atoms with Gasteiger partial charge in [-0.2, -0.15) is 0 Å². The first-order valence-electron chi connectivity index (χ1n) is 5.02. The maximum Gasteiger partial charge on any atom is 0.313 e. The lowest BCUT2D eigenvalue weighted by Gasteiger charge is -2.05. The highest BCUT2D eigenvalue weighted by molar-refractivity contribution is 9.10. The number of benzene rings is 1. The first-order chi connectivity index (χ1) is 7.65. The van der Waals surface area contributed by atoms with Crippen LogP contribution < -0.4 is 10.6 Å². The van der Waals surface area contributed by atoms with E-state index in [4.69, 9.17) is 0 Å². The van der Waals surface area contributed by atoms with Crippen molar-refractivity contribution in [1.29, 1.82) is 0 Å². The van der Waals surface area contributed by atoms with Crippen molar-refractivity contribution in [2.45, 2.75) is 18.9 Å². The molecule has 0 aromatic heterocycles. The molecule has 0 heterocycles. The summed E-state index contributed by atoms with van der Waals surface area (Å²) in [6, 6.07) is 7.30. The Bertz CT molecular complexity index is 430. The predicted octanol–water partition coefficient (Wildman–Crippen LogP) is 1.67. The third kappa shape index (κ3) is 3.06. The Morgan fingerprint density at radius 3 is 2.62 bits per heavy atom. The summed E-state index contributed by atoms with van der Waals surface area (Å²) in [5, 5.41) is 5.16. The number of halogens is 1. The fraction of sp³-hybridized carbons (Fsp3) is 0.273. The molecule has 84 valence electrons. The number of nitrogens with one attached hydrogen (secondary N) is 2. The minimum absolute atomic E-state index is 0.195. The van der Waals surface area contributed by atoms with Crippen molar-refractivity contribution in [2.75, 3.05) is 5.32 Å². The molecular formula is C11H11BrN2O2. The molecule has 0 atom stereocenters. The molecule has 0 radical (unpaired) electrons. The van der Waals surface area contributed by atoms with E-state index in [0.29, 0.717) is 5.69 Å². The van der Waals surface area contributed by atoms with Gasteiger partial charge >= 0.3 is 11.8 Å². The van der Waals surface area contributed by atoms with Crippen LogP contribution in [0.4, 0.5) is 5.69 Å². The van der Waals surface area contributed by atoms with E-state index < -0.39 is 11.8 Å². The molecule has 0 bridgehead atoms. The largest absolute Gasteiger partial charge is 0.345 e. The quantitative estimate of drug-likeness (QED) is 0.811. The van der Waals surface area contributed by atoms with Gasteiger partial charge in [0.05, 0.1) is 0 Å². The van der Waals surface area contributed by atoms with Gasteiger partial charge in [-0.1, -0.05) is 22.0 Å². The number of carbonyl (C=O) groups is 2. The lowest BCUT2D eigenvalue weighted by molar-refractivity contribution is -0.136. The Hall–Kier alpha value is -1.36. The SMILES string of the molecule is O=C(Nc1cccc(Br)c1)C(=O)NC1CC1. The Labute approximate surface area is 102 Å². The van der Waals surface area contributed by atoms with E-state index in [-0.39, 0.29) is 6.04 Å². The summed E-state index contributed by atoms with van der Waals surface area (Å²) in [6.07, 6.45) is 1.94. The van der Waals surface area contributed by atoms with Crippen molar-refractivity contribution >= 4 is 33.4 Å². The van der Waals surface area contributed by atoms with Gasteiger partial charge in [0.25, 0.3) is 0 Å². The van der Waals surface area contributed by atoms with Crippen LogP contribution in [0.3, 0.4) is 0 Å². The van der Waals surface area contributed by atoms with E-state index in [0.717, 1.165) is 17.3 Å². The van der Waals surface area contributed by atoms with E-state index >= 15 is 0 Å². The lowest BCUT2D eigenvalue weighted by atomic mass is 10.3. The van der Waals surface area contributed by atoms with E-state index in [1.54, 1.807) is 18.2 Å². The minimum Gasteiger partial charge on any atom is -0.345 e. The van der Waals surface area contributed by atoms with E-state index in [1.165, 1.54) is 0 Å². The van der Waals surface area contributed by atoms with E-state index in [9.17, 15) is 9.59 Å². The molecule has 0 aliphatic heterocycles. The third-order valence-electron chi connectivity index (χ3n) is 2.20. The molecule has 1 aromatic rings. The zero-order valence-corrected chi connectivity index (χ0v) is 10.1. The van der Waals surface area contributed by atoms with Crippen molar-refractivity contribution < 1.29 is 9.59 Å². The summed E-state index contributed by atoms with van der Waals surface area (Å²) in [6.45, 7) is 0. The molecule has 4 nitrogen and oxygen atoms in total. The van der Waals surface area contributed by atoms with Gasteiger partial charge in [0.1, 0.15) is 0 Å². The molecule has 1 saturated carbocycles. The fourth-order valence-electron chi connectivity index (χ4n) is 1.23. The fourth-order valence-corrected chi connectivity index (χ4v) is 1.63. The molecule has 1 aliphatic rings. The average Bonchev–Trinajstić information content (AvgIpc) is 3.01. The molecule has 0 saturated heterocycles. The maximum atomic E-state index is 11.4. The maximum absolute atomic E-state index is 11.4. The second kappa shape index (κ2) is 4.65. The summed E-state index contributed by atoms with van der Waals surface area (Å²) >= 11 is 3.29. The summed E-state index contributed by atoms with van der Waals surface area (Å²) < 4.78 is 0.855. The van der Waals surface area contributed by atoms with Crippen molar-refractivity contribution in [3.8, 4) is 0 Å². The number of hydrogen-bond acceptors (Lipinski definition) is 2. The van der Waals surface area contributed by atoms with Gasteiger partial charge in [-0.3, -0.25) is 9.59 Å². The lowest BCUT2D eigenvalue weighted by Crippen LogP contribution is -2.36. The van der Waals surface area contributed by atoms with Crippen LogP contribution in [0.25, 0.3) is 0 Å². The topological polar surface area (TPSA) is 58.2 Å². The van der Waals surface area contributed by atoms with Crippen LogP contribution in [0.5, 0.6) is 0 Å². The van der Waals surface area contributed by atoms with E-state index in [1.807, 2.05) is 6.07 Å². The van der Waals surface area contributed by atoms with Crippen molar-refractivity contribution in [1.82, 2.24) is 5.32 Å². The van der Waals surface area contributed by atoms with Crippen LogP contribution >= 0.6 is 15.9 Å². The smallest absolute Gasteiger partial charge is 0.313 e. The van der Waals surface area contributed by atoms with Crippen LogP contribution in [0.2, 0.25) is 0 Å². The molecule has 1 fully saturated rings. The van der Waals surface area contributed by atoms with Gasteiger partial charge in [0.15, 0.2) is 0 Å². The first kappa shape index (κ1) is 11.1. The molecule has 2 rings (SSSR count). The first-order valence-corrected chi connectivity index (χ1v) is 5.82. The Morgan fingerprint density at radius 1 is 1.25 bits per heavy atom. The average molecular weight is 283 g/mol.